The van der Waals surface area contributed by atoms with E-state index in [1.807, 2.05) is 38.1 Å². The summed E-state index contributed by atoms with van der Waals surface area (Å²) in [7, 11) is 0. The molecule has 0 heterocycles. The fourth-order valence-electron chi connectivity index (χ4n) is 2.02. The van der Waals surface area contributed by atoms with E-state index in [1.54, 1.807) is 6.07 Å². The summed E-state index contributed by atoms with van der Waals surface area (Å²) in [4.78, 5) is 0. The molecular weight excluding hydrogens is 241 g/mol. The fraction of sp³-hybridized carbons (Fsp3) is 0.250. The van der Waals surface area contributed by atoms with Crippen LogP contribution in [0.15, 0.2) is 42.5 Å². The Morgan fingerprint density at radius 1 is 1.21 bits per heavy atom. The molecule has 2 aromatic carbocycles. The van der Waals surface area contributed by atoms with E-state index in [4.69, 9.17) is 0 Å². The molecule has 0 amide bonds. The van der Waals surface area contributed by atoms with Gasteiger partial charge in [-0.25, -0.2) is 4.39 Å². The van der Waals surface area contributed by atoms with E-state index >= 15 is 0 Å². The quantitative estimate of drug-likeness (QED) is 0.877. The van der Waals surface area contributed by atoms with Crippen LogP contribution in [-0.4, -0.2) is 5.11 Å². The highest BCUT2D eigenvalue weighted by molar-refractivity contribution is 5.39. The number of rotatable bonds is 4. The third-order valence-corrected chi connectivity index (χ3v) is 3.27. The lowest BCUT2D eigenvalue weighted by atomic mass is 10.1. The van der Waals surface area contributed by atoms with Gasteiger partial charge in [-0.3, -0.25) is 0 Å². The predicted molar refractivity (Wildman–Crippen MR) is 74.5 cm³/mol. The highest BCUT2D eigenvalue weighted by Gasteiger charge is 2.08. The molecule has 1 atom stereocenters. The normalized spacial score (nSPS) is 12.4. The molecule has 0 aliphatic heterocycles. The van der Waals surface area contributed by atoms with Gasteiger partial charge in [0.25, 0.3) is 0 Å². The van der Waals surface area contributed by atoms with Crippen LogP contribution in [0.25, 0.3) is 0 Å². The van der Waals surface area contributed by atoms with Crippen LogP contribution < -0.4 is 5.32 Å². The van der Waals surface area contributed by atoms with Gasteiger partial charge < -0.3 is 10.4 Å². The van der Waals surface area contributed by atoms with Gasteiger partial charge >= 0.3 is 0 Å². The van der Waals surface area contributed by atoms with Gasteiger partial charge in [0.2, 0.25) is 0 Å². The van der Waals surface area contributed by atoms with E-state index in [1.165, 1.54) is 12.1 Å². The maximum Gasteiger partial charge on any atom is 0.123 e. The summed E-state index contributed by atoms with van der Waals surface area (Å²) in [6, 6.07) is 12.2. The number of hydrogen-bond donors (Lipinski definition) is 2. The average molecular weight is 259 g/mol. The van der Waals surface area contributed by atoms with Crippen molar-refractivity contribution < 1.29 is 9.50 Å². The van der Waals surface area contributed by atoms with E-state index in [0.717, 1.165) is 16.7 Å². The Bertz CT molecular complexity index is 568. The second kappa shape index (κ2) is 5.85. The first kappa shape index (κ1) is 13.6. The van der Waals surface area contributed by atoms with Crippen molar-refractivity contribution in [3.63, 3.8) is 0 Å². The standard InChI is InChI=1S/C16H18FNO/c1-11-5-3-7-14(16(11)19)10-18-12(2)13-6-4-8-15(17)9-13/h3-9,12,18-19H,10H2,1-2H3/t12-/m0/s1. The first-order valence-corrected chi connectivity index (χ1v) is 6.34. The van der Waals surface area contributed by atoms with Crippen molar-refractivity contribution in [1.82, 2.24) is 5.32 Å². The Labute approximate surface area is 112 Å². The molecule has 0 spiro atoms. The van der Waals surface area contributed by atoms with Crippen LogP contribution in [0.4, 0.5) is 4.39 Å². The Kier molecular flexibility index (Phi) is 4.17. The van der Waals surface area contributed by atoms with Crippen molar-refractivity contribution in [2.75, 3.05) is 0 Å². The number of nitrogens with one attached hydrogen (secondary N) is 1. The molecular formula is C16H18FNO. The molecule has 2 N–H and O–H groups in total. The lowest BCUT2D eigenvalue weighted by molar-refractivity contribution is 0.456. The first-order valence-electron chi connectivity index (χ1n) is 6.34. The van der Waals surface area contributed by atoms with Crippen molar-refractivity contribution >= 4 is 0 Å². The molecule has 0 saturated heterocycles. The van der Waals surface area contributed by atoms with Gasteiger partial charge in [-0.15, -0.1) is 0 Å². The minimum atomic E-state index is -0.232. The Morgan fingerprint density at radius 2 is 1.95 bits per heavy atom. The summed E-state index contributed by atoms with van der Waals surface area (Å²) in [6.45, 7) is 4.39. The Balaban J connectivity index is 2.04. The zero-order valence-corrected chi connectivity index (χ0v) is 11.2. The Morgan fingerprint density at radius 3 is 2.68 bits per heavy atom. The van der Waals surface area contributed by atoms with Gasteiger partial charge in [-0.2, -0.15) is 0 Å². The number of phenols is 1. The van der Waals surface area contributed by atoms with Crippen molar-refractivity contribution in [3.05, 3.63) is 65.0 Å². The number of benzene rings is 2. The number of aryl methyl sites for hydroxylation is 1. The summed E-state index contributed by atoms with van der Waals surface area (Å²) >= 11 is 0. The van der Waals surface area contributed by atoms with Crippen LogP contribution in [0.5, 0.6) is 5.75 Å². The van der Waals surface area contributed by atoms with Crippen LogP contribution in [0.3, 0.4) is 0 Å². The highest BCUT2D eigenvalue weighted by Crippen LogP contribution is 2.22. The molecule has 19 heavy (non-hydrogen) atoms. The lowest BCUT2D eigenvalue weighted by Gasteiger charge is -2.15. The highest BCUT2D eigenvalue weighted by atomic mass is 19.1. The van der Waals surface area contributed by atoms with Crippen LogP contribution in [0.2, 0.25) is 0 Å². The van der Waals surface area contributed by atoms with Crippen molar-refractivity contribution in [2.45, 2.75) is 26.4 Å². The molecule has 0 fully saturated rings. The van der Waals surface area contributed by atoms with E-state index < -0.39 is 0 Å². The van der Waals surface area contributed by atoms with Gasteiger partial charge in [0.1, 0.15) is 11.6 Å². The third-order valence-electron chi connectivity index (χ3n) is 3.27. The molecule has 0 bridgehead atoms. The SMILES string of the molecule is Cc1cccc(CN[C@@H](C)c2cccc(F)c2)c1O. The molecule has 0 aliphatic rings. The molecule has 100 valence electrons. The minimum absolute atomic E-state index is 0.0237. The van der Waals surface area contributed by atoms with Crippen molar-refractivity contribution in [3.8, 4) is 5.75 Å². The molecule has 2 aromatic rings. The predicted octanol–water partition coefficient (Wildman–Crippen LogP) is 3.69. The summed E-state index contributed by atoms with van der Waals surface area (Å²) in [5.41, 5.74) is 2.60. The van der Waals surface area contributed by atoms with E-state index in [9.17, 15) is 9.50 Å². The van der Waals surface area contributed by atoms with Crippen LogP contribution in [0, 0.1) is 12.7 Å². The summed E-state index contributed by atoms with van der Waals surface area (Å²) in [5.74, 6) is 0.0889. The summed E-state index contributed by atoms with van der Waals surface area (Å²) < 4.78 is 13.1. The maximum atomic E-state index is 13.1. The number of phenolic OH excluding ortho intramolecular Hbond substituents is 1. The average Bonchev–Trinajstić information content (AvgIpc) is 2.40. The molecule has 0 aliphatic carbocycles. The van der Waals surface area contributed by atoms with Crippen molar-refractivity contribution in [2.24, 2.45) is 0 Å². The second-order valence-corrected chi connectivity index (χ2v) is 4.74. The number of halogens is 1. The van der Waals surface area contributed by atoms with Crippen LogP contribution >= 0.6 is 0 Å². The largest absolute Gasteiger partial charge is 0.507 e. The zero-order valence-electron chi connectivity index (χ0n) is 11.2. The number of hydrogen-bond acceptors (Lipinski definition) is 2. The number of aromatic hydroxyl groups is 1. The molecule has 0 aromatic heterocycles. The second-order valence-electron chi connectivity index (χ2n) is 4.74. The van der Waals surface area contributed by atoms with Gasteiger partial charge in [-0.1, -0.05) is 30.3 Å². The van der Waals surface area contributed by atoms with Crippen LogP contribution in [0.1, 0.15) is 29.7 Å². The van der Waals surface area contributed by atoms with E-state index in [-0.39, 0.29) is 11.9 Å². The molecule has 0 radical (unpaired) electrons. The monoisotopic (exact) mass is 259 g/mol. The van der Waals surface area contributed by atoms with Crippen LogP contribution in [-0.2, 0) is 6.54 Å². The third kappa shape index (κ3) is 3.32. The first-order chi connectivity index (χ1) is 9.08. The van der Waals surface area contributed by atoms with E-state index in [0.29, 0.717) is 12.3 Å². The van der Waals surface area contributed by atoms with Gasteiger partial charge in [0, 0.05) is 18.2 Å². The summed E-state index contributed by atoms with van der Waals surface area (Å²) in [6.07, 6.45) is 0. The van der Waals surface area contributed by atoms with E-state index in [2.05, 4.69) is 5.32 Å². The number of para-hydroxylation sites is 1. The van der Waals surface area contributed by atoms with Crippen molar-refractivity contribution in [1.29, 1.82) is 0 Å². The molecule has 2 nitrogen and oxygen atoms in total. The Hall–Kier alpha value is -1.87. The molecule has 2 rings (SSSR count). The fourth-order valence-corrected chi connectivity index (χ4v) is 2.02. The minimum Gasteiger partial charge on any atom is -0.507 e. The summed E-state index contributed by atoms with van der Waals surface area (Å²) in [5, 5.41) is 13.2. The molecule has 3 heteroatoms. The zero-order chi connectivity index (χ0) is 13.8. The lowest BCUT2D eigenvalue weighted by Crippen LogP contribution is -2.18. The van der Waals surface area contributed by atoms with Gasteiger partial charge in [0.05, 0.1) is 0 Å². The van der Waals surface area contributed by atoms with Gasteiger partial charge in [-0.05, 0) is 37.1 Å². The topological polar surface area (TPSA) is 32.3 Å². The molecule has 0 saturated carbocycles. The maximum absolute atomic E-state index is 13.1. The van der Waals surface area contributed by atoms with Gasteiger partial charge in [0.15, 0.2) is 0 Å². The smallest absolute Gasteiger partial charge is 0.123 e. The molecule has 0 unspecified atom stereocenters.